The number of primary amides is 1. The van der Waals surface area contributed by atoms with Gasteiger partial charge in [-0.15, -0.1) is 0 Å². The van der Waals surface area contributed by atoms with Crippen molar-refractivity contribution in [1.82, 2.24) is 5.32 Å². The highest BCUT2D eigenvalue weighted by atomic mass is 16.2. The molecule has 1 aliphatic carbocycles. The largest absolute Gasteiger partial charge is 0.368 e. The Labute approximate surface area is 164 Å². The van der Waals surface area contributed by atoms with E-state index in [2.05, 4.69) is 5.32 Å². The fourth-order valence-corrected chi connectivity index (χ4v) is 4.82. The molecular formula is C24H22N2O2. The first-order chi connectivity index (χ1) is 13.5. The minimum absolute atomic E-state index is 0.284. The molecule has 0 saturated heterocycles. The molecule has 0 heterocycles. The Kier molecular flexibility index (Phi) is 4.27. The number of carbonyl (C=O) groups excluding carboxylic acids is 2. The van der Waals surface area contributed by atoms with Gasteiger partial charge in [0.05, 0.1) is 5.41 Å². The van der Waals surface area contributed by atoms with Gasteiger partial charge in [-0.05, 0) is 16.7 Å². The van der Waals surface area contributed by atoms with E-state index in [4.69, 9.17) is 5.73 Å². The van der Waals surface area contributed by atoms with Crippen LogP contribution in [0, 0.1) is 0 Å². The Balaban J connectivity index is 2.07. The lowest BCUT2D eigenvalue weighted by Crippen LogP contribution is -2.52. The van der Waals surface area contributed by atoms with E-state index in [-0.39, 0.29) is 11.8 Å². The normalized spacial score (nSPS) is 22.2. The highest BCUT2D eigenvalue weighted by Gasteiger charge is 2.82. The molecule has 2 amide bonds. The highest BCUT2D eigenvalue weighted by molar-refractivity contribution is 6.00. The maximum absolute atomic E-state index is 13.0. The van der Waals surface area contributed by atoms with Gasteiger partial charge in [0.15, 0.2) is 0 Å². The third kappa shape index (κ3) is 2.38. The zero-order chi connectivity index (χ0) is 19.8. The predicted octanol–water partition coefficient (Wildman–Crippen LogP) is 3.13. The molecule has 3 aromatic rings. The first-order valence-corrected chi connectivity index (χ1v) is 9.29. The second kappa shape index (κ2) is 6.64. The number of amides is 2. The summed E-state index contributed by atoms with van der Waals surface area (Å²) in [6.07, 6.45) is 0. The molecule has 140 valence electrons. The van der Waals surface area contributed by atoms with Crippen molar-refractivity contribution < 1.29 is 9.59 Å². The molecule has 1 aliphatic rings. The summed E-state index contributed by atoms with van der Waals surface area (Å²) in [6.45, 7) is 1.42. The van der Waals surface area contributed by atoms with Crippen molar-refractivity contribution in [3.8, 4) is 0 Å². The van der Waals surface area contributed by atoms with Crippen molar-refractivity contribution in [2.75, 3.05) is 0 Å². The summed E-state index contributed by atoms with van der Waals surface area (Å²) in [5.41, 5.74) is 6.83. The molecule has 1 saturated carbocycles. The standard InChI is InChI=1S/C24H22N2O2/c1-17(27)26-24(22(25)28)21(18-11-5-2-6-12-18)23(24,19-13-7-3-8-14-19)20-15-9-4-10-16-20/h2-16,21H,1H3,(H2,25,28)(H,26,27)/t21-,24+/m1/s1. The van der Waals surface area contributed by atoms with Crippen LogP contribution in [-0.2, 0) is 15.0 Å². The fraction of sp³-hybridized carbons (Fsp3) is 0.167. The van der Waals surface area contributed by atoms with E-state index < -0.39 is 16.9 Å². The Morgan fingerprint density at radius 2 is 1.21 bits per heavy atom. The molecule has 0 aliphatic heterocycles. The molecule has 0 unspecified atom stereocenters. The SMILES string of the molecule is CC(=O)N[C@]1(C(N)=O)[C@H](c2ccccc2)C1(c1ccccc1)c1ccccc1. The predicted molar refractivity (Wildman–Crippen MR) is 109 cm³/mol. The third-order valence-electron chi connectivity index (χ3n) is 5.76. The third-order valence-corrected chi connectivity index (χ3v) is 5.76. The summed E-state index contributed by atoms with van der Waals surface area (Å²) in [6, 6.07) is 29.4. The zero-order valence-corrected chi connectivity index (χ0v) is 15.6. The van der Waals surface area contributed by atoms with Crippen LogP contribution in [0.5, 0.6) is 0 Å². The Morgan fingerprint density at radius 1 is 0.786 bits per heavy atom. The van der Waals surface area contributed by atoms with Gasteiger partial charge in [0.25, 0.3) is 0 Å². The molecule has 4 rings (SSSR count). The number of nitrogens with one attached hydrogen (secondary N) is 1. The maximum atomic E-state index is 13.0. The summed E-state index contributed by atoms with van der Waals surface area (Å²) < 4.78 is 0. The Morgan fingerprint density at radius 3 is 1.61 bits per heavy atom. The van der Waals surface area contributed by atoms with Crippen LogP contribution in [0.4, 0.5) is 0 Å². The zero-order valence-electron chi connectivity index (χ0n) is 15.6. The van der Waals surface area contributed by atoms with Crippen LogP contribution in [0.2, 0.25) is 0 Å². The summed E-state index contributed by atoms with van der Waals surface area (Å²) >= 11 is 0. The molecule has 0 bridgehead atoms. The van der Waals surface area contributed by atoms with Gasteiger partial charge in [0.2, 0.25) is 11.8 Å². The van der Waals surface area contributed by atoms with Crippen LogP contribution in [0.1, 0.15) is 29.5 Å². The van der Waals surface area contributed by atoms with Crippen molar-refractivity contribution in [3.63, 3.8) is 0 Å². The van der Waals surface area contributed by atoms with Gasteiger partial charge >= 0.3 is 0 Å². The average molecular weight is 370 g/mol. The molecular weight excluding hydrogens is 348 g/mol. The van der Waals surface area contributed by atoms with Crippen molar-refractivity contribution >= 4 is 11.8 Å². The van der Waals surface area contributed by atoms with E-state index in [0.29, 0.717) is 0 Å². The summed E-state index contributed by atoms with van der Waals surface area (Å²) in [7, 11) is 0. The number of nitrogens with two attached hydrogens (primary N) is 1. The van der Waals surface area contributed by atoms with Crippen LogP contribution in [0.15, 0.2) is 91.0 Å². The van der Waals surface area contributed by atoms with E-state index in [1.165, 1.54) is 6.92 Å². The lowest BCUT2D eigenvalue weighted by Gasteiger charge is -2.25. The van der Waals surface area contributed by atoms with Crippen LogP contribution in [0.25, 0.3) is 0 Å². The molecule has 4 heteroatoms. The fourth-order valence-electron chi connectivity index (χ4n) is 4.82. The van der Waals surface area contributed by atoms with Gasteiger partial charge < -0.3 is 11.1 Å². The van der Waals surface area contributed by atoms with Crippen molar-refractivity contribution in [2.45, 2.75) is 23.8 Å². The summed E-state index contributed by atoms with van der Waals surface area (Å²) in [5, 5.41) is 2.95. The van der Waals surface area contributed by atoms with Crippen LogP contribution in [0.3, 0.4) is 0 Å². The molecule has 3 aromatic carbocycles. The van der Waals surface area contributed by atoms with Crippen LogP contribution in [-0.4, -0.2) is 17.4 Å². The van der Waals surface area contributed by atoms with E-state index in [1.54, 1.807) is 0 Å². The highest BCUT2D eigenvalue weighted by Crippen LogP contribution is 2.71. The average Bonchev–Trinajstić information content (AvgIpc) is 3.34. The molecule has 28 heavy (non-hydrogen) atoms. The summed E-state index contributed by atoms with van der Waals surface area (Å²) in [5.74, 6) is -1.13. The lowest BCUT2D eigenvalue weighted by molar-refractivity contribution is -0.127. The molecule has 3 N–H and O–H groups in total. The second-order valence-electron chi connectivity index (χ2n) is 7.24. The Bertz CT molecular complexity index is 963. The lowest BCUT2D eigenvalue weighted by atomic mass is 9.81. The topological polar surface area (TPSA) is 72.2 Å². The number of benzene rings is 3. The van der Waals surface area contributed by atoms with Gasteiger partial charge in [-0.1, -0.05) is 91.0 Å². The van der Waals surface area contributed by atoms with E-state index >= 15 is 0 Å². The number of rotatable bonds is 5. The van der Waals surface area contributed by atoms with Crippen molar-refractivity contribution in [1.29, 1.82) is 0 Å². The first-order valence-electron chi connectivity index (χ1n) is 9.29. The van der Waals surface area contributed by atoms with Gasteiger partial charge in [-0.3, -0.25) is 9.59 Å². The quantitative estimate of drug-likeness (QED) is 0.724. The Hall–Kier alpha value is -3.40. The number of carbonyl (C=O) groups is 2. The first kappa shape index (κ1) is 18.0. The molecule has 4 nitrogen and oxygen atoms in total. The van der Waals surface area contributed by atoms with Crippen LogP contribution < -0.4 is 11.1 Å². The molecule has 0 spiro atoms. The van der Waals surface area contributed by atoms with E-state index in [9.17, 15) is 9.59 Å². The van der Waals surface area contributed by atoms with Crippen molar-refractivity contribution in [2.24, 2.45) is 5.73 Å². The summed E-state index contributed by atoms with van der Waals surface area (Å²) in [4.78, 5) is 25.2. The monoisotopic (exact) mass is 370 g/mol. The number of hydrogen-bond acceptors (Lipinski definition) is 2. The molecule has 1 fully saturated rings. The van der Waals surface area contributed by atoms with Gasteiger partial charge in [0, 0.05) is 12.8 Å². The molecule has 2 atom stereocenters. The smallest absolute Gasteiger partial charge is 0.245 e. The van der Waals surface area contributed by atoms with Gasteiger partial charge in [-0.2, -0.15) is 0 Å². The molecule has 0 aromatic heterocycles. The van der Waals surface area contributed by atoms with E-state index in [0.717, 1.165) is 16.7 Å². The number of hydrogen-bond donors (Lipinski definition) is 2. The van der Waals surface area contributed by atoms with E-state index in [1.807, 2.05) is 91.0 Å². The maximum Gasteiger partial charge on any atom is 0.245 e. The van der Waals surface area contributed by atoms with Crippen molar-refractivity contribution in [3.05, 3.63) is 108 Å². The van der Waals surface area contributed by atoms with Gasteiger partial charge in [0.1, 0.15) is 5.54 Å². The van der Waals surface area contributed by atoms with Crippen LogP contribution >= 0.6 is 0 Å². The van der Waals surface area contributed by atoms with Gasteiger partial charge in [-0.25, -0.2) is 0 Å². The second-order valence-corrected chi connectivity index (χ2v) is 7.24. The molecule has 0 radical (unpaired) electrons. The minimum atomic E-state index is -1.25. The minimum Gasteiger partial charge on any atom is -0.368 e.